The minimum Gasteiger partial charge on any atom is -0.336 e. The summed E-state index contributed by atoms with van der Waals surface area (Å²) in [6.07, 6.45) is 8.71. The quantitative estimate of drug-likeness (QED) is 0.837. The predicted octanol–water partition coefficient (Wildman–Crippen LogP) is 3.13. The van der Waals surface area contributed by atoms with E-state index in [0.717, 1.165) is 38.4 Å². The van der Waals surface area contributed by atoms with Crippen LogP contribution in [0, 0.1) is 5.92 Å². The number of nitrogens with zero attached hydrogens (tertiary/aromatic N) is 1. The van der Waals surface area contributed by atoms with Crippen molar-refractivity contribution in [3.05, 3.63) is 0 Å². The lowest BCUT2D eigenvalue weighted by Gasteiger charge is -2.43. The summed E-state index contributed by atoms with van der Waals surface area (Å²) < 4.78 is 0. The number of hydrogen-bond acceptors (Lipinski definition) is 2. The summed E-state index contributed by atoms with van der Waals surface area (Å²) in [5.74, 6) is 0.772. The highest BCUT2D eigenvalue weighted by molar-refractivity contribution is 5.74. The number of rotatable bonds is 4. The van der Waals surface area contributed by atoms with Crippen molar-refractivity contribution in [2.24, 2.45) is 5.92 Å². The molecule has 0 aromatic rings. The van der Waals surface area contributed by atoms with Crippen LogP contribution in [-0.2, 0) is 0 Å². The molecule has 0 spiro atoms. The summed E-state index contributed by atoms with van der Waals surface area (Å²) in [4.78, 5) is 14.6. The van der Waals surface area contributed by atoms with Crippen LogP contribution >= 0.6 is 0 Å². The van der Waals surface area contributed by atoms with Gasteiger partial charge >= 0.3 is 6.03 Å². The molecule has 122 valence electrons. The zero-order chi connectivity index (χ0) is 15.3. The Hall–Kier alpha value is -0.770. The van der Waals surface area contributed by atoms with Gasteiger partial charge in [0.2, 0.25) is 0 Å². The third-order valence-electron chi connectivity index (χ3n) is 5.14. The zero-order valence-corrected chi connectivity index (χ0v) is 14.1. The molecule has 0 aromatic heterocycles. The second kappa shape index (κ2) is 7.48. The molecular formula is C17H33N3O. The molecule has 0 bridgehead atoms. The van der Waals surface area contributed by atoms with Crippen molar-refractivity contribution < 1.29 is 4.79 Å². The van der Waals surface area contributed by atoms with Crippen molar-refractivity contribution in [3.8, 4) is 0 Å². The number of carbonyl (C=O) groups is 1. The minimum atomic E-state index is 0.0139. The molecule has 0 unspecified atom stereocenters. The summed E-state index contributed by atoms with van der Waals surface area (Å²) in [5.41, 5.74) is 0.0403. The van der Waals surface area contributed by atoms with Crippen LogP contribution < -0.4 is 10.6 Å². The molecule has 2 fully saturated rings. The number of carbonyl (C=O) groups excluding carboxylic acids is 1. The van der Waals surface area contributed by atoms with Gasteiger partial charge in [-0.3, -0.25) is 4.90 Å². The maximum Gasteiger partial charge on any atom is 0.315 e. The van der Waals surface area contributed by atoms with E-state index in [1.807, 2.05) is 0 Å². The maximum atomic E-state index is 12.1. The van der Waals surface area contributed by atoms with E-state index >= 15 is 0 Å². The van der Waals surface area contributed by atoms with Gasteiger partial charge in [0.1, 0.15) is 0 Å². The number of urea groups is 1. The van der Waals surface area contributed by atoms with Crippen LogP contribution in [0.3, 0.4) is 0 Å². The van der Waals surface area contributed by atoms with E-state index in [-0.39, 0.29) is 11.6 Å². The van der Waals surface area contributed by atoms with Crippen molar-refractivity contribution in [2.45, 2.75) is 77.3 Å². The van der Waals surface area contributed by atoms with Crippen molar-refractivity contribution in [1.29, 1.82) is 0 Å². The van der Waals surface area contributed by atoms with Crippen molar-refractivity contribution >= 4 is 6.03 Å². The van der Waals surface area contributed by atoms with Crippen LogP contribution in [0.25, 0.3) is 0 Å². The van der Waals surface area contributed by atoms with E-state index in [1.54, 1.807) is 0 Å². The standard InChI is InChI=1S/C17H33N3O/c1-14-8-7-11-20(12-14)17(2,3)13-18-16(21)19-15-9-5-4-6-10-15/h14-15H,4-13H2,1-3H3,(H2,18,19,21)/t14-/m0/s1. The normalized spacial score (nSPS) is 25.6. The molecule has 2 rings (SSSR count). The number of nitrogens with one attached hydrogen (secondary N) is 2. The molecule has 1 aliphatic carbocycles. The highest BCUT2D eigenvalue weighted by Gasteiger charge is 2.30. The van der Waals surface area contributed by atoms with E-state index < -0.39 is 0 Å². The fourth-order valence-electron chi connectivity index (χ4n) is 3.63. The monoisotopic (exact) mass is 295 g/mol. The highest BCUT2D eigenvalue weighted by atomic mass is 16.2. The fraction of sp³-hybridized carbons (Fsp3) is 0.941. The first kappa shape index (κ1) is 16.6. The molecular weight excluding hydrogens is 262 g/mol. The Morgan fingerprint density at radius 1 is 1.14 bits per heavy atom. The first-order valence-corrected chi connectivity index (χ1v) is 8.77. The van der Waals surface area contributed by atoms with Gasteiger partial charge in [0.05, 0.1) is 0 Å². The molecule has 0 aromatic carbocycles. The highest BCUT2D eigenvalue weighted by Crippen LogP contribution is 2.23. The molecule has 4 nitrogen and oxygen atoms in total. The van der Waals surface area contributed by atoms with Gasteiger partial charge in [-0.1, -0.05) is 26.2 Å². The second-order valence-corrected chi connectivity index (χ2v) is 7.67. The van der Waals surface area contributed by atoms with Crippen molar-refractivity contribution in [1.82, 2.24) is 15.5 Å². The van der Waals surface area contributed by atoms with Crippen LogP contribution in [0.2, 0.25) is 0 Å². The van der Waals surface area contributed by atoms with Gasteiger partial charge in [-0.05, 0) is 52.0 Å². The van der Waals surface area contributed by atoms with Crippen LogP contribution in [0.1, 0.15) is 65.7 Å². The van der Waals surface area contributed by atoms with Gasteiger partial charge in [-0.2, -0.15) is 0 Å². The van der Waals surface area contributed by atoms with Crippen LogP contribution in [-0.4, -0.2) is 42.1 Å². The largest absolute Gasteiger partial charge is 0.336 e. The summed E-state index contributed by atoms with van der Waals surface area (Å²) in [5, 5.41) is 6.23. The summed E-state index contributed by atoms with van der Waals surface area (Å²) in [7, 11) is 0. The Bertz CT molecular complexity index is 337. The van der Waals surface area contributed by atoms with Gasteiger partial charge in [0.25, 0.3) is 0 Å². The van der Waals surface area contributed by atoms with Crippen LogP contribution in [0.15, 0.2) is 0 Å². The lowest BCUT2D eigenvalue weighted by molar-refractivity contribution is 0.0722. The third-order valence-corrected chi connectivity index (χ3v) is 5.14. The van der Waals surface area contributed by atoms with Gasteiger partial charge < -0.3 is 10.6 Å². The molecule has 1 aliphatic heterocycles. The Balaban J connectivity index is 1.73. The van der Waals surface area contributed by atoms with Crippen LogP contribution in [0.4, 0.5) is 4.79 Å². The van der Waals surface area contributed by atoms with Gasteiger partial charge in [0, 0.05) is 24.7 Å². The van der Waals surface area contributed by atoms with Crippen LogP contribution in [0.5, 0.6) is 0 Å². The first-order chi connectivity index (χ1) is 9.97. The molecule has 4 heteroatoms. The smallest absolute Gasteiger partial charge is 0.315 e. The Labute approximate surface area is 130 Å². The topological polar surface area (TPSA) is 44.4 Å². The molecule has 2 aliphatic rings. The summed E-state index contributed by atoms with van der Waals surface area (Å²) in [6, 6.07) is 0.400. The number of amides is 2. The second-order valence-electron chi connectivity index (χ2n) is 7.67. The lowest BCUT2D eigenvalue weighted by atomic mass is 9.93. The summed E-state index contributed by atoms with van der Waals surface area (Å²) >= 11 is 0. The molecule has 2 N–H and O–H groups in total. The lowest BCUT2D eigenvalue weighted by Crippen LogP contribution is -2.56. The Morgan fingerprint density at radius 2 is 1.86 bits per heavy atom. The molecule has 2 amide bonds. The fourth-order valence-corrected chi connectivity index (χ4v) is 3.63. The van der Waals surface area contributed by atoms with Crippen molar-refractivity contribution in [2.75, 3.05) is 19.6 Å². The predicted molar refractivity (Wildman–Crippen MR) is 87.5 cm³/mol. The molecule has 1 saturated heterocycles. The van der Waals surface area contributed by atoms with Crippen molar-refractivity contribution in [3.63, 3.8) is 0 Å². The van der Waals surface area contributed by atoms with Gasteiger partial charge in [-0.15, -0.1) is 0 Å². The number of hydrogen-bond donors (Lipinski definition) is 2. The Kier molecular flexibility index (Phi) is 5.91. The first-order valence-electron chi connectivity index (χ1n) is 8.77. The van der Waals surface area contributed by atoms with E-state index in [0.29, 0.717) is 6.04 Å². The maximum absolute atomic E-state index is 12.1. The summed E-state index contributed by atoms with van der Waals surface area (Å²) in [6.45, 7) is 9.84. The molecule has 1 heterocycles. The zero-order valence-electron chi connectivity index (χ0n) is 14.1. The van der Waals surface area contributed by atoms with Gasteiger partial charge in [0.15, 0.2) is 0 Å². The molecule has 0 radical (unpaired) electrons. The third kappa shape index (κ3) is 5.17. The molecule has 1 saturated carbocycles. The number of likely N-dealkylation sites (tertiary alicyclic amines) is 1. The van der Waals surface area contributed by atoms with Gasteiger partial charge in [-0.25, -0.2) is 4.79 Å². The average Bonchev–Trinajstić information content (AvgIpc) is 2.46. The van der Waals surface area contributed by atoms with E-state index in [9.17, 15) is 4.79 Å². The van der Waals surface area contributed by atoms with E-state index in [4.69, 9.17) is 0 Å². The SMILES string of the molecule is C[C@H]1CCCN(C(C)(C)CNC(=O)NC2CCCCC2)C1. The minimum absolute atomic E-state index is 0.0139. The van der Waals surface area contributed by atoms with E-state index in [1.165, 1.54) is 32.1 Å². The average molecular weight is 295 g/mol. The Morgan fingerprint density at radius 3 is 2.52 bits per heavy atom. The molecule has 21 heavy (non-hydrogen) atoms. The van der Waals surface area contributed by atoms with E-state index in [2.05, 4.69) is 36.3 Å². The molecule has 1 atom stereocenters. The number of piperidine rings is 1.